The molecule has 0 aliphatic rings. The van der Waals surface area contributed by atoms with Crippen LogP contribution >= 0.6 is 27.5 Å². The van der Waals surface area contributed by atoms with Crippen LogP contribution in [0, 0.1) is 23.0 Å². The predicted molar refractivity (Wildman–Crippen MR) is 110 cm³/mol. The Bertz CT molecular complexity index is 1050. The van der Waals surface area contributed by atoms with Gasteiger partial charge in [-0.1, -0.05) is 35.9 Å². The molecule has 0 heterocycles. The van der Waals surface area contributed by atoms with Crippen molar-refractivity contribution in [3.05, 3.63) is 98.5 Å². The zero-order valence-electron chi connectivity index (χ0n) is 14.4. The van der Waals surface area contributed by atoms with Crippen LogP contribution in [0.3, 0.4) is 0 Å². The second kappa shape index (κ2) is 9.01. The maximum absolute atomic E-state index is 13.4. The molecule has 6 heteroatoms. The van der Waals surface area contributed by atoms with Crippen molar-refractivity contribution in [2.45, 2.75) is 6.61 Å². The molecule has 0 bridgehead atoms. The van der Waals surface area contributed by atoms with Crippen molar-refractivity contribution in [2.75, 3.05) is 0 Å². The maximum Gasteiger partial charge on any atom is 0.152 e. The van der Waals surface area contributed by atoms with E-state index < -0.39 is 5.82 Å². The van der Waals surface area contributed by atoms with Gasteiger partial charge in [-0.15, -0.1) is 0 Å². The average molecular weight is 461 g/mol. The van der Waals surface area contributed by atoms with Crippen molar-refractivity contribution >= 4 is 39.2 Å². The maximum atomic E-state index is 13.4. The van der Waals surface area contributed by atoms with Gasteiger partial charge in [-0.3, -0.25) is 0 Å². The van der Waals surface area contributed by atoms with E-state index in [0.717, 1.165) is 5.56 Å². The largest absolute Gasteiger partial charge is 0.486 e. The third-order valence-electron chi connectivity index (χ3n) is 3.88. The summed E-state index contributed by atoms with van der Waals surface area (Å²) in [6.07, 6.45) is 1.62. The van der Waals surface area contributed by atoms with Crippen LogP contribution in [0.15, 0.2) is 65.1 Å². The number of hydrogen-bond donors (Lipinski definition) is 0. The van der Waals surface area contributed by atoms with Gasteiger partial charge in [0, 0.05) is 0 Å². The molecule has 3 rings (SSSR count). The fourth-order valence-corrected chi connectivity index (χ4v) is 3.53. The van der Waals surface area contributed by atoms with Crippen LogP contribution in [0.5, 0.6) is 5.75 Å². The lowest BCUT2D eigenvalue weighted by atomic mass is 10.0. The summed E-state index contributed by atoms with van der Waals surface area (Å²) in [6, 6.07) is 17.3. The summed E-state index contributed by atoms with van der Waals surface area (Å²) < 4.78 is 32.8. The van der Waals surface area contributed by atoms with Gasteiger partial charge in [-0.2, -0.15) is 5.26 Å². The number of benzene rings is 3. The number of halogens is 4. The van der Waals surface area contributed by atoms with Crippen LogP contribution in [-0.2, 0) is 6.61 Å². The molecular weight excluding hydrogens is 448 g/mol. The summed E-state index contributed by atoms with van der Waals surface area (Å²) in [5.41, 5.74) is 2.24. The standard InChI is InChI=1S/C22H13BrClF2NO/c23-20-9-15(8-17(12-27)16-2-1-3-19(26)11-16)10-21(24)22(20)28-13-14-4-6-18(25)7-5-14/h1-11H,13H2/b17-8-. The summed E-state index contributed by atoms with van der Waals surface area (Å²) in [4.78, 5) is 0. The molecule has 0 saturated heterocycles. The highest BCUT2D eigenvalue weighted by atomic mass is 79.9. The zero-order chi connectivity index (χ0) is 20.1. The van der Waals surface area contributed by atoms with Gasteiger partial charge in [-0.05, 0) is 75.1 Å². The van der Waals surface area contributed by atoms with E-state index in [1.807, 2.05) is 0 Å². The number of nitriles is 1. The number of nitrogens with zero attached hydrogens (tertiary/aromatic N) is 1. The first-order valence-corrected chi connectivity index (χ1v) is 9.37. The summed E-state index contributed by atoms with van der Waals surface area (Å²) in [5.74, 6) is -0.291. The molecule has 2 nitrogen and oxygen atoms in total. The number of allylic oxidation sites excluding steroid dienone is 1. The number of ether oxygens (including phenoxy) is 1. The minimum absolute atomic E-state index is 0.223. The zero-order valence-corrected chi connectivity index (χ0v) is 16.8. The average Bonchev–Trinajstić information content (AvgIpc) is 2.67. The minimum Gasteiger partial charge on any atom is -0.486 e. The Morgan fingerprint density at radius 3 is 2.46 bits per heavy atom. The Labute approximate surface area is 174 Å². The SMILES string of the molecule is N#C/C(=C/c1cc(Cl)c(OCc2ccc(F)cc2)c(Br)c1)c1cccc(F)c1. The molecule has 0 fully saturated rings. The molecule has 0 atom stereocenters. The van der Waals surface area contributed by atoms with Crippen LogP contribution in [0.1, 0.15) is 16.7 Å². The number of rotatable bonds is 5. The summed E-state index contributed by atoms with van der Waals surface area (Å²) in [7, 11) is 0. The molecule has 0 unspecified atom stereocenters. The summed E-state index contributed by atoms with van der Waals surface area (Å²) >= 11 is 9.76. The first-order chi connectivity index (χ1) is 13.5. The molecule has 0 amide bonds. The lowest BCUT2D eigenvalue weighted by molar-refractivity contribution is 0.304. The molecule has 3 aromatic rings. The van der Waals surface area contributed by atoms with Crippen molar-refractivity contribution in [3.8, 4) is 11.8 Å². The molecular formula is C22H13BrClF2NO. The van der Waals surface area contributed by atoms with Crippen LogP contribution < -0.4 is 4.74 Å². The van der Waals surface area contributed by atoms with E-state index >= 15 is 0 Å². The van der Waals surface area contributed by atoms with Gasteiger partial charge < -0.3 is 4.74 Å². The van der Waals surface area contributed by atoms with Gasteiger partial charge in [0.15, 0.2) is 5.75 Å². The molecule has 0 aromatic heterocycles. The quantitative estimate of drug-likeness (QED) is 0.303. The molecule has 140 valence electrons. The van der Waals surface area contributed by atoms with Crippen molar-refractivity contribution in [1.82, 2.24) is 0 Å². The molecule has 0 aliphatic heterocycles. The highest BCUT2D eigenvalue weighted by molar-refractivity contribution is 9.10. The Kier molecular flexibility index (Phi) is 6.45. The summed E-state index contributed by atoms with van der Waals surface area (Å²) in [6.45, 7) is 0.223. The summed E-state index contributed by atoms with van der Waals surface area (Å²) in [5, 5.41) is 9.76. The van der Waals surface area contributed by atoms with Crippen molar-refractivity contribution < 1.29 is 13.5 Å². The van der Waals surface area contributed by atoms with E-state index in [1.165, 1.54) is 24.3 Å². The van der Waals surface area contributed by atoms with Crippen molar-refractivity contribution in [2.24, 2.45) is 0 Å². The van der Waals surface area contributed by atoms with Gasteiger partial charge in [0.05, 0.1) is 21.1 Å². The van der Waals surface area contributed by atoms with Crippen molar-refractivity contribution in [1.29, 1.82) is 5.26 Å². The van der Waals surface area contributed by atoms with Crippen LogP contribution in [0.2, 0.25) is 5.02 Å². The second-order valence-corrected chi connectivity index (χ2v) is 7.17. The first kappa shape index (κ1) is 20.1. The highest BCUT2D eigenvalue weighted by Crippen LogP contribution is 2.36. The number of hydrogen-bond acceptors (Lipinski definition) is 2. The lowest BCUT2D eigenvalue weighted by Gasteiger charge is -2.11. The van der Waals surface area contributed by atoms with Crippen molar-refractivity contribution in [3.63, 3.8) is 0 Å². The van der Waals surface area contributed by atoms with Gasteiger partial charge in [0.25, 0.3) is 0 Å². The first-order valence-electron chi connectivity index (χ1n) is 8.20. The third-order valence-corrected chi connectivity index (χ3v) is 4.75. The van der Waals surface area contributed by atoms with E-state index in [4.69, 9.17) is 16.3 Å². The molecule has 0 saturated carbocycles. The normalized spacial score (nSPS) is 11.2. The van der Waals surface area contributed by atoms with Crippen LogP contribution in [-0.4, -0.2) is 0 Å². The van der Waals surface area contributed by atoms with Gasteiger partial charge in [0.2, 0.25) is 0 Å². The molecule has 0 radical (unpaired) electrons. The van der Waals surface area contributed by atoms with E-state index in [-0.39, 0.29) is 12.4 Å². The fraction of sp³-hybridized carbons (Fsp3) is 0.0455. The Morgan fingerprint density at radius 1 is 1.07 bits per heavy atom. The topological polar surface area (TPSA) is 33.0 Å². The van der Waals surface area contributed by atoms with Gasteiger partial charge in [0.1, 0.15) is 18.2 Å². The molecule has 0 aliphatic carbocycles. The molecule has 0 spiro atoms. The molecule has 3 aromatic carbocycles. The predicted octanol–water partition coefficient (Wildman–Crippen LogP) is 7.02. The van der Waals surface area contributed by atoms with E-state index in [9.17, 15) is 14.0 Å². The van der Waals surface area contributed by atoms with E-state index in [2.05, 4.69) is 22.0 Å². The van der Waals surface area contributed by atoms with Crippen LogP contribution in [0.4, 0.5) is 8.78 Å². The van der Waals surface area contributed by atoms with E-state index in [1.54, 1.807) is 42.5 Å². The van der Waals surface area contributed by atoms with Gasteiger partial charge in [-0.25, -0.2) is 8.78 Å². The Morgan fingerprint density at radius 2 is 1.82 bits per heavy atom. The fourth-order valence-electron chi connectivity index (χ4n) is 2.54. The monoisotopic (exact) mass is 459 g/mol. The second-order valence-electron chi connectivity index (χ2n) is 5.91. The lowest BCUT2D eigenvalue weighted by Crippen LogP contribution is -1.97. The Hall–Kier alpha value is -2.68. The minimum atomic E-state index is -0.414. The van der Waals surface area contributed by atoms with Gasteiger partial charge >= 0.3 is 0 Å². The highest BCUT2D eigenvalue weighted by Gasteiger charge is 2.11. The third kappa shape index (κ3) is 4.98. The van der Waals surface area contributed by atoms with Crippen LogP contribution in [0.25, 0.3) is 11.6 Å². The molecule has 0 N–H and O–H groups in total. The smallest absolute Gasteiger partial charge is 0.152 e. The Balaban J connectivity index is 1.84. The molecule has 28 heavy (non-hydrogen) atoms. The van der Waals surface area contributed by atoms with E-state index in [0.29, 0.717) is 31.9 Å².